The fourth-order valence-electron chi connectivity index (χ4n) is 1.38. The van der Waals surface area contributed by atoms with Gasteiger partial charge >= 0.3 is 0 Å². The van der Waals surface area contributed by atoms with Gasteiger partial charge in [0.1, 0.15) is 0 Å². The second-order valence-corrected chi connectivity index (χ2v) is 4.09. The Balaban J connectivity index is 1.99. The van der Waals surface area contributed by atoms with Crippen LogP contribution in [0.2, 0.25) is 0 Å². The van der Waals surface area contributed by atoms with E-state index in [1.165, 1.54) is 12.8 Å². The monoisotopic (exact) mass is 201 g/mol. The predicted molar refractivity (Wildman–Crippen MR) is 57.5 cm³/mol. The highest BCUT2D eigenvalue weighted by atomic mass is 16.5. The van der Waals surface area contributed by atoms with E-state index in [1.807, 2.05) is 0 Å². The molecule has 0 aromatic heterocycles. The molecule has 1 saturated carbocycles. The van der Waals surface area contributed by atoms with Crippen molar-refractivity contribution in [2.24, 2.45) is 5.92 Å². The first-order valence-electron chi connectivity index (χ1n) is 5.66. The van der Waals surface area contributed by atoms with Gasteiger partial charge in [-0.3, -0.25) is 0 Å². The summed E-state index contributed by atoms with van der Waals surface area (Å²) in [5.41, 5.74) is 0. The van der Waals surface area contributed by atoms with Gasteiger partial charge < -0.3 is 14.8 Å². The van der Waals surface area contributed by atoms with Crippen molar-refractivity contribution >= 4 is 0 Å². The fraction of sp³-hybridized carbons (Fsp3) is 1.00. The number of hydrogen-bond donors (Lipinski definition) is 1. The van der Waals surface area contributed by atoms with Gasteiger partial charge in [0, 0.05) is 13.7 Å². The average Bonchev–Trinajstić information content (AvgIpc) is 2.98. The highest BCUT2D eigenvalue weighted by Crippen LogP contribution is 2.28. The van der Waals surface area contributed by atoms with E-state index in [1.54, 1.807) is 7.11 Å². The van der Waals surface area contributed by atoms with E-state index in [0.29, 0.717) is 6.04 Å². The van der Waals surface area contributed by atoms with Crippen LogP contribution < -0.4 is 5.32 Å². The first-order valence-corrected chi connectivity index (χ1v) is 5.66. The number of methoxy groups -OCH3 is 1. The minimum absolute atomic E-state index is 0.360. The highest BCUT2D eigenvalue weighted by Gasteiger charge is 2.21. The minimum atomic E-state index is 0.360. The molecular formula is C11H23NO2. The van der Waals surface area contributed by atoms with Gasteiger partial charge in [-0.1, -0.05) is 6.92 Å². The van der Waals surface area contributed by atoms with Crippen molar-refractivity contribution in [3.63, 3.8) is 0 Å². The van der Waals surface area contributed by atoms with Gasteiger partial charge in [0.2, 0.25) is 0 Å². The van der Waals surface area contributed by atoms with Gasteiger partial charge in [-0.15, -0.1) is 0 Å². The predicted octanol–water partition coefficient (Wildman–Crippen LogP) is 1.43. The fourth-order valence-corrected chi connectivity index (χ4v) is 1.38. The Hall–Kier alpha value is -0.120. The quantitative estimate of drug-likeness (QED) is 0.612. The molecule has 0 bridgehead atoms. The number of nitrogens with one attached hydrogen (secondary N) is 1. The zero-order valence-corrected chi connectivity index (χ0v) is 9.42. The Labute approximate surface area is 87.2 Å². The van der Waals surface area contributed by atoms with Crippen molar-refractivity contribution in [1.82, 2.24) is 5.32 Å². The molecule has 0 aromatic carbocycles. The summed E-state index contributed by atoms with van der Waals surface area (Å²) in [6.07, 6.45) is 3.87. The third-order valence-electron chi connectivity index (χ3n) is 2.42. The lowest BCUT2D eigenvalue weighted by Crippen LogP contribution is -2.38. The molecule has 1 N–H and O–H groups in total. The summed E-state index contributed by atoms with van der Waals surface area (Å²) >= 11 is 0. The zero-order chi connectivity index (χ0) is 10.2. The Morgan fingerprint density at radius 2 is 2.14 bits per heavy atom. The third-order valence-corrected chi connectivity index (χ3v) is 2.42. The summed E-state index contributed by atoms with van der Waals surface area (Å²) in [5, 5.41) is 3.41. The largest absolute Gasteiger partial charge is 0.383 e. The first-order chi connectivity index (χ1) is 6.86. The second-order valence-electron chi connectivity index (χ2n) is 4.09. The van der Waals surface area contributed by atoms with Crippen LogP contribution in [0.4, 0.5) is 0 Å². The Morgan fingerprint density at radius 1 is 1.36 bits per heavy atom. The molecule has 0 radical (unpaired) electrons. The molecule has 1 fully saturated rings. The van der Waals surface area contributed by atoms with E-state index in [0.717, 1.165) is 38.7 Å². The van der Waals surface area contributed by atoms with Gasteiger partial charge in [-0.2, -0.15) is 0 Å². The molecule has 1 aliphatic carbocycles. The summed E-state index contributed by atoms with van der Waals surface area (Å²) < 4.78 is 10.8. The van der Waals surface area contributed by atoms with Gasteiger partial charge in [-0.05, 0) is 31.7 Å². The van der Waals surface area contributed by atoms with E-state index in [9.17, 15) is 0 Å². The standard InChI is InChI=1S/C11H23NO2/c1-3-6-12-11(8-13-2)9-14-7-10-4-5-10/h10-12H,3-9H2,1-2H3. The van der Waals surface area contributed by atoms with E-state index in [2.05, 4.69) is 12.2 Å². The van der Waals surface area contributed by atoms with Crippen LogP contribution in [0.3, 0.4) is 0 Å². The molecule has 3 nitrogen and oxygen atoms in total. The molecule has 0 saturated heterocycles. The van der Waals surface area contributed by atoms with E-state index in [4.69, 9.17) is 9.47 Å². The number of ether oxygens (including phenoxy) is 2. The highest BCUT2D eigenvalue weighted by molar-refractivity contribution is 4.73. The van der Waals surface area contributed by atoms with Crippen molar-refractivity contribution in [3.8, 4) is 0 Å². The third kappa shape index (κ3) is 5.58. The van der Waals surface area contributed by atoms with Crippen LogP contribution in [0, 0.1) is 5.92 Å². The van der Waals surface area contributed by atoms with Crippen molar-refractivity contribution < 1.29 is 9.47 Å². The second kappa shape index (κ2) is 7.21. The lowest BCUT2D eigenvalue weighted by Gasteiger charge is -2.17. The normalized spacial score (nSPS) is 18.4. The van der Waals surface area contributed by atoms with Gasteiger partial charge in [-0.25, -0.2) is 0 Å². The van der Waals surface area contributed by atoms with Gasteiger partial charge in [0.25, 0.3) is 0 Å². The smallest absolute Gasteiger partial charge is 0.0642 e. The summed E-state index contributed by atoms with van der Waals surface area (Å²) in [6, 6.07) is 0.360. The summed E-state index contributed by atoms with van der Waals surface area (Å²) in [4.78, 5) is 0. The van der Waals surface area contributed by atoms with E-state index < -0.39 is 0 Å². The topological polar surface area (TPSA) is 30.5 Å². The lowest BCUT2D eigenvalue weighted by molar-refractivity contribution is 0.0691. The molecular weight excluding hydrogens is 178 g/mol. The van der Waals surface area contributed by atoms with Crippen LogP contribution in [0.25, 0.3) is 0 Å². The number of rotatable bonds is 9. The maximum atomic E-state index is 5.63. The SMILES string of the molecule is CCCNC(COC)COCC1CC1. The number of hydrogen-bond acceptors (Lipinski definition) is 3. The Bertz CT molecular complexity index is 137. The maximum absolute atomic E-state index is 5.63. The lowest BCUT2D eigenvalue weighted by atomic mass is 10.3. The minimum Gasteiger partial charge on any atom is -0.383 e. The molecule has 0 heterocycles. The molecule has 0 amide bonds. The van der Waals surface area contributed by atoms with E-state index >= 15 is 0 Å². The zero-order valence-electron chi connectivity index (χ0n) is 9.42. The van der Waals surface area contributed by atoms with Crippen LogP contribution in [0.15, 0.2) is 0 Å². The van der Waals surface area contributed by atoms with E-state index in [-0.39, 0.29) is 0 Å². The molecule has 0 spiro atoms. The molecule has 0 aromatic rings. The Kier molecular flexibility index (Phi) is 6.15. The first kappa shape index (κ1) is 12.0. The van der Waals surface area contributed by atoms with Crippen molar-refractivity contribution in [3.05, 3.63) is 0 Å². The summed E-state index contributed by atoms with van der Waals surface area (Å²) in [6.45, 7) is 5.67. The van der Waals surface area contributed by atoms with Crippen molar-refractivity contribution in [2.45, 2.75) is 32.2 Å². The molecule has 1 aliphatic rings. The molecule has 84 valence electrons. The van der Waals surface area contributed by atoms with Crippen LogP contribution in [0.1, 0.15) is 26.2 Å². The molecule has 1 unspecified atom stereocenters. The van der Waals surface area contributed by atoms with Gasteiger partial charge in [0.05, 0.1) is 19.3 Å². The summed E-state index contributed by atoms with van der Waals surface area (Å²) in [5.74, 6) is 0.851. The molecule has 3 heteroatoms. The Morgan fingerprint density at radius 3 is 2.71 bits per heavy atom. The van der Waals surface area contributed by atoms with Crippen LogP contribution in [0.5, 0.6) is 0 Å². The molecule has 0 aliphatic heterocycles. The van der Waals surface area contributed by atoms with Crippen molar-refractivity contribution in [1.29, 1.82) is 0 Å². The maximum Gasteiger partial charge on any atom is 0.0642 e. The molecule has 1 rings (SSSR count). The van der Waals surface area contributed by atoms with Crippen LogP contribution in [-0.2, 0) is 9.47 Å². The molecule has 14 heavy (non-hydrogen) atoms. The molecule has 1 atom stereocenters. The van der Waals surface area contributed by atoms with Crippen LogP contribution in [-0.4, -0.2) is 39.5 Å². The van der Waals surface area contributed by atoms with Gasteiger partial charge in [0.15, 0.2) is 0 Å². The summed E-state index contributed by atoms with van der Waals surface area (Å²) in [7, 11) is 1.74. The van der Waals surface area contributed by atoms with Crippen molar-refractivity contribution in [2.75, 3.05) is 33.5 Å². The average molecular weight is 201 g/mol. The van der Waals surface area contributed by atoms with Crippen LogP contribution >= 0.6 is 0 Å².